The third kappa shape index (κ3) is 2.17. The van der Waals surface area contributed by atoms with Crippen molar-refractivity contribution in [1.82, 2.24) is 9.55 Å². The number of rotatable bonds is 3. The van der Waals surface area contributed by atoms with E-state index in [1.54, 1.807) is 24.2 Å². The molecule has 4 nitrogen and oxygen atoms in total. The van der Waals surface area contributed by atoms with Crippen molar-refractivity contribution in [2.45, 2.75) is 13.0 Å². The highest BCUT2D eigenvalue weighted by molar-refractivity contribution is 5.41. The van der Waals surface area contributed by atoms with E-state index in [9.17, 15) is 5.11 Å². The van der Waals surface area contributed by atoms with Crippen molar-refractivity contribution in [1.29, 1.82) is 0 Å². The summed E-state index contributed by atoms with van der Waals surface area (Å²) in [5.74, 6) is 0.685. The number of aliphatic hydroxyl groups is 1. The maximum absolute atomic E-state index is 10.4. The highest BCUT2D eigenvalue weighted by Gasteiger charge is 2.18. The normalized spacial score (nSPS) is 12.5. The first-order valence-electron chi connectivity index (χ1n) is 5.42. The lowest BCUT2D eigenvalue weighted by molar-refractivity contribution is 0.206. The van der Waals surface area contributed by atoms with Crippen LogP contribution in [0.1, 0.15) is 22.9 Å². The van der Waals surface area contributed by atoms with Gasteiger partial charge in [-0.15, -0.1) is 0 Å². The fraction of sp³-hybridized carbons (Fsp3) is 0.308. The van der Waals surface area contributed by atoms with Crippen molar-refractivity contribution >= 4 is 0 Å². The van der Waals surface area contributed by atoms with Crippen LogP contribution in [0.3, 0.4) is 0 Å². The third-order valence-corrected chi connectivity index (χ3v) is 2.81. The van der Waals surface area contributed by atoms with Crippen LogP contribution in [0, 0.1) is 6.92 Å². The van der Waals surface area contributed by atoms with Crippen LogP contribution in [0.4, 0.5) is 0 Å². The second-order valence-electron chi connectivity index (χ2n) is 4.08. The molecule has 0 saturated heterocycles. The van der Waals surface area contributed by atoms with E-state index in [4.69, 9.17) is 4.74 Å². The summed E-state index contributed by atoms with van der Waals surface area (Å²) in [7, 11) is 3.46. The first-order valence-corrected chi connectivity index (χ1v) is 5.42. The van der Waals surface area contributed by atoms with Gasteiger partial charge in [-0.3, -0.25) is 0 Å². The predicted molar refractivity (Wildman–Crippen MR) is 65.0 cm³/mol. The van der Waals surface area contributed by atoms with Gasteiger partial charge in [0.05, 0.1) is 25.3 Å². The van der Waals surface area contributed by atoms with E-state index in [-0.39, 0.29) is 0 Å². The van der Waals surface area contributed by atoms with Crippen molar-refractivity contribution < 1.29 is 9.84 Å². The smallest absolute Gasteiger partial charge is 0.125 e. The fourth-order valence-electron chi connectivity index (χ4n) is 1.86. The van der Waals surface area contributed by atoms with E-state index in [2.05, 4.69) is 4.98 Å². The van der Waals surface area contributed by atoms with Crippen LogP contribution in [0.2, 0.25) is 0 Å². The molecular weight excluding hydrogens is 216 g/mol. The summed E-state index contributed by atoms with van der Waals surface area (Å²) < 4.78 is 7.07. The molecule has 0 aliphatic heterocycles. The Balaban J connectivity index is 2.46. The Morgan fingerprint density at radius 2 is 2.18 bits per heavy atom. The Hall–Kier alpha value is -1.81. The largest absolute Gasteiger partial charge is 0.496 e. The van der Waals surface area contributed by atoms with Gasteiger partial charge in [0, 0.05) is 12.6 Å². The van der Waals surface area contributed by atoms with Crippen molar-refractivity contribution in [2.75, 3.05) is 7.11 Å². The zero-order valence-electron chi connectivity index (χ0n) is 10.2. The maximum Gasteiger partial charge on any atom is 0.125 e. The van der Waals surface area contributed by atoms with Crippen molar-refractivity contribution in [3.8, 4) is 5.75 Å². The second kappa shape index (κ2) is 4.59. The van der Waals surface area contributed by atoms with E-state index in [0.29, 0.717) is 5.75 Å². The summed E-state index contributed by atoms with van der Waals surface area (Å²) in [6, 6.07) is 5.75. The molecule has 2 rings (SSSR count). The molecule has 1 unspecified atom stereocenters. The summed E-state index contributed by atoms with van der Waals surface area (Å²) in [5.41, 5.74) is 2.59. The van der Waals surface area contributed by atoms with Crippen LogP contribution in [0.15, 0.2) is 30.7 Å². The third-order valence-electron chi connectivity index (χ3n) is 2.81. The molecule has 0 aliphatic rings. The van der Waals surface area contributed by atoms with Crippen LogP contribution >= 0.6 is 0 Å². The zero-order valence-corrected chi connectivity index (χ0v) is 10.2. The molecule has 1 N–H and O–H groups in total. The number of methoxy groups -OCH3 is 1. The molecule has 0 amide bonds. The minimum atomic E-state index is -0.725. The molecule has 1 aromatic carbocycles. The van der Waals surface area contributed by atoms with Crippen molar-refractivity contribution in [2.24, 2.45) is 7.05 Å². The van der Waals surface area contributed by atoms with Gasteiger partial charge in [-0.25, -0.2) is 4.98 Å². The van der Waals surface area contributed by atoms with Gasteiger partial charge in [0.2, 0.25) is 0 Å². The molecule has 1 atom stereocenters. The molecule has 1 heterocycles. The first-order chi connectivity index (χ1) is 8.13. The summed E-state index contributed by atoms with van der Waals surface area (Å²) in [6.45, 7) is 1.99. The van der Waals surface area contributed by atoms with Gasteiger partial charge in [0.25, 0.3) is 0 Å². The molecule has 2 aromatic rings. The van der Waals surface area contributed by atoms with Gasteiger partial charge in [-0.05, 0) is 19.1 Å². The number of nitrogens with zero attached hydrogens (tertiary/aromatic N) is 2. The Bertz CT molecular complexity index is 520. The van der Waals surface area contributed by atoms with E-state index in [1.165, 1.54) is 0 Å². The monoisotopic (exact) mass is 232 g/mol. The summed E-state index contributed by atoms with van der Waals surface area (Å²) in [4.78, 5) is 4.01. The molecule has 17 heavy (non-hydrogen) atoms. The van der Waals surface area contributed by atoms with Gasteiger partial charge in [0.1, 0.15) is 11.9 Å². The number of aliphatic hydroxyl groups excluding tert-OH is 1. The van der Waals surface area contributed by atoms with Crippen LogP contribution in [-0.4, -0.2) is 21.8 Å². The average molecular weight is 232 g/mol. The molecule has 1 aromatic heterocycles. The number of imidazole rings is 1. The van der Waals surface area contributed by atoms with Crippen LogP contribution in [0.25, 0.3) is 0 Å². The molecule has 4 heteroatoms. The fourth-order valence-corrected chi connectivity index (χ4v) is 1.86. The minimum absolute atomic E-state index is 0.685. The lowest BCUT2D eigenvalue weighted by Gasteiger charge is -2.15. The number of aryl methyl sites for hydroxylation is 2. The zero-order chi connectivity index (χ0) is 12.4. The van der Waals surface area contributed by atoms with E-state index < -0.39 is 6.10 Å². The number of hydrogen-bond acceptors (Lipinski definition) is 3. The Labute approximate surface area is 100 Å². The van der Waals surface area contributed by atoms with Crippen molar-refractivity contribution in [3.63, 3.8) is 0 Å². The van der Waals surface area contributed by atoms with E-state index in [1.807, 2.05) is 32.2 Å². The molecule has 90 valence electrons. The second-order valence-corrected chi connectivity index (χ2v) is 4.08. The number of hydrogen-bond donors (Lipinski definition) is 1. The van der Waals surface area contributed by atoms with Gasteiger partial charge < -0.3 is 14.4 Å². The number of ether oxygens (including phenoxy) is 1. The number of aromatic nitrogens is 2. The Morgan fingerprint density at radius 1 is 1.41 bits per heavy atom. The van der Waals surface area contributed by atoms with Crippen LogP contribution < -0.4 is 4.74 Å². The summed E-state index contributed by atoms with van der Waals surface area (Å²) in [5, 5.41) is 10.4. The molecular formula is C13H16N2O2. The van der Waals surface area contributed by atoms with Gasteiger partial charge in [-0.2, -0.15) is 0 Å². The summed E-state index contributed by atoms with van der Waals surface area (Å²) >= 11 is 0. The average Bonchev–Trinajstić information content (AvgIpc) is 2.74. The van der Waals surface area contributed by atoms with Crippen molar-refractivity contribution in [3.05, 3.63) is 47.5 Å². The lowest BCUT2D eigenvalue weighted by atomic mass is 10.0. The van der Waals surface area contributed by atoms with E-state index >= 15 is 0 Å². The molecule has 0 spiro atoms. The summed E-state index contributed by atoms with van der Waals surface area (Å²) in [6.07, 6.45) is 2.60. The molecule has 0 aliphatic carbocycles. The van der Waals surface area contributed by atoms with Gasteiger partial charge in [0.15, 0.2) is 0 Å². The standard InChI is InChI=1S/C13H16N2O2/c1-9-4-5-12(17-3)10(6-9)13(16)11-7-14-8-15(11)2/h4-8,13,16H,1-3H3. The molecule has 0 radical (unpaired) electrons. The highest BCUT2D eigenvalue weighted by Crippen LogP contribution is 2.30. The quantitative estimate of drug-likeness (QED) is 0.878. The Kier molecular flexibility index (Phi) is 3.15. The molecule has 0 fully saturated rings. The predicted octanol–water partition coefficient (Wildman–Crippen LogP) is 1.82. The van der Waals surface area contributed by atoms with Crippen LogP contribution in [0.5, 0.6) is 5.75 Å². The van der Waals surface area contributed by atoms with E-state index in [0.717, 1.165) is 16.8 Å². The number of benzene rings is 1. The highest BCUT2D eigenvalue weighted by atomic mass is 16.5. The van der Waals surface area contributed by atoms with Crippen LogP contribution in [-0.2, 0) is 7.05 Å². The van der Waals surface area contributed by atoms with Gasteiger partial charge in [-0.1, -0.05) is 11.6 Å². The topological polar surface area (TPSA) is 47.3 Å². The minimum Gasteiger partial charge on any atom is -0.496 e. The first kappa shape index (κ1) is 11.7. The van der Waals surface area contributed by atoms with Gasteiger partial charge >= 0.3 is 0 Å². The SMILES string of the molecule is COc1ccc(C)cc1C(O)c1cncn1C. The lowest BCUT2D eigenvalue weighted by Crippen LogP contribution is -2.07. The molecule has 0 saturated carbocycles. The molecule has 0 bridgehead atoms. The Morgan fingerprint density at radius 3 is 2.76 bits per heavy atom. The maximum atomic E-state index is 10.4.